The number of guanidine groups is 1. The lowest BCUT2D eigenvalue weighted by Crippen LogP contribution is -2.38. The van der Waals surface area contributed by atoms with Gasteiger partial charge in [-0.15, -0.1) is 24.0 Å². The molecule has 0 radical (unpaired) electrons. The Bertz CT molecular complexity index is 455. The van der Waals surface area contributed by atoms with Crippen LogP contribution in [0.1, 0.15) is 13.3 Å². The lowest BCUT2D eigenvalue weighted by molar-refractivity contribution is 0.599. The number of hydrogen-bond acceptors (Lipinski definition) is 3. The number of hydrogen-bond donors (Lipinski definition) is 2. The van der Waals surface area contributed by atoms with Gasteiger partial charge in [-0.3, -0.25) is 4.99 Å². The van der Waals surface area contributed by atoms with Crippen LogP contribution in [-0.2, 0) is 0 Å². The molecule has 4 nitrogen and oxygen atoms in total. The molecule has 1 unspecified atom stereocenters. The van der Waals surface area contributed by atoms with Gasteiger partial charge >= 0.3 is 0 Å². The minimum atomic E-state index is 0. The summed E-state index contributed by atoms with van der Waals surface area (Å²) in [5, 5.41) is 6.72. The van der Waals surface area contributed by atoms with E-state index in [4.69, 9.17) is 4.99 Å². The number of nitrogens with one attached hydrogen (secondary N) is 2. The maximum absolute atomic E-state index is 4.75. The summed E-state index contributed by atoms with van der Waals surface area (Å²) in [5.74, 6) is 2.71. The number of aliphatic imine (C=N–C) groups is 1. The highest BCUT2D eigenvalue weighted by atomic mass is 127. The van der Waals surface area contributed by atoms with Gasteiger partial charge in [0.25, 0.3) is 0 Å². The largest absolute Gasteiger partial charge is 0.371 e. The average Bonchev–Trinajstić information content (AvgIpc) is 3.03. The number of anilines is 1. The second-order valence-corrected chi connectivity index (χ2v) is 6.56. The van der Waals surface area contributed by atoms with E-state index in [1.54, 1.807) is 0 Å². The second-order valence-electron chi connectivity index (χ2n) is 5.58. The molecule has 1 fully saturated rings. The highest BCUT2D eigenvalue weighted by Gasteiger charge is 2.22. The molecule has 2 rings (SSSR count). The first-order valence-corrected chi connectivity index (χ1v) is 9.54. The minimum Gasteiger partial charge on any atom is -0.371 e. The maximum atomic E-state index is 4.75. The summed E-state index contributed by atoms with van der Waals surface area (Å²) < 4.78 is 0. The van der Waals surface area contributed by atoms with Crippen LogP contribution in [0, 0.1) is 5.92 Å². The monoisotopic (exact) mass is 448 g/mol. The van der Waals surface area contributed by atoms with Crippen LogP contribution in [0.15, 0.2) is 35.3 Å². The number of para-hydroxylation sites is 1. The Morgan fingerprint density at radius 1 is 1.30 bits per heavy atom. The van der Waals surface area contributed by atoms with Crippen LogP contribution < -0.4 is 15.5 Å². The zero-order valence-electron chi connectivity index (χ0n) is 14.1. The van der Waals surface area contributed by atoms with Gasteiger partial charge in [0.05, 0.1) is 0 Å². The molecule has 1 aromatic rings. The number of rotatable bonds is 7. The fourth-order valence-corrected chi connectivity index (χ4v) is 2.99. The number of nitrogens with zero attached hydrogens (tertiary/aromatic N) is 2. The van der Waals surface area contributed by atoms with Crippen molar-refractivity contribution < 1.29 is 0 Å². The van der Waals surface area contributed by atoms with Crippen LogP contribution >= 0.6 is 35.7 Å². The third kappa shape index (κ3) is 7.20. The topological polar surface area (TPSA) is 39.7 Å². The van der Waals surface area contributed by atoms with Gasteiger partial charge in [0.15, 0.2) is 5.96 Å². The first kappa shape index (κ1) is 20.4. The molecule has 2 N–H and O–H groups in total. The van der Waals surface area contributed by atoms with Crippen molar-refractivity contribution in [3.8, 4) is 0 Å². The molecular formula is C17H29IN4S. The molecule has 6 heteroatoms. The molecule has 0 saturated carbocycles. The first-order chi connectivity index (χ1) is 10.8. The normalized spacial score (nSPS) is 17.7. The summed E-state index contributed by atoms with van der Waals surface area (Å²) in [7, 11) is 0. The smallest absolute Gasteiger partial charge is 0.191 e. The molecule has 23 heavy (non-hydrogen) atoms. The summed E-state index contributed by atoms with van der Waals surface area (Å²) in [6, 6.07) is 10.7. The molecule has 0 spiro atoms. The van der Waals surface area contributed by atoms with Crippen molar-refractivity contribution in [3.05, 3.63) is 30.3 Å². The van der Waals surface area contributed by atoms with Crippen LogP contribution in [0.4, 0.5) is 5.69 Å². The predicted molar refractivity (Wildman–Crippen MR) is 115 cm³/mol. The second kappa shape index (κ2) is 11.8. The van der Waals surface area contributed by atoms with Crippen LogP contribution in [0.5, 0.6) is 0 Å². The van der Waals surface area contributed by atoms with Crippen molar-refractivity contribution in [2.45, 2.75) is 13.3 Å². The van der Waals surface area contributed by atoms with E-state index in [2.05, 4.69) is 59.0 Å². The van der Waals surface area contributed by atoms with E-state index in [9.17, 15) is 0 Å². The molecule has 0 bridgehead atoms. The van der Waals surface area contributed by atoms with Gasteiger partial charge in [0.1, 0.15) is 0 Å². The highest BCUT2D eigenvalue weighted by molar-refractivity contribution is 14.0. The molecule has 1 aliphatic heterocycles. The van der Waals surface area contributed by atoms with Gasteiger partial charge in [-0.2, -0.15) is 11.8 Å². The lowest BCUT2D eigenvalue weighted by atomic mass is 10.1. The van der Waals surface area contributed by atoms with E-state index in [1.165, 1.54) is 12.1 Å². The Labute approximate surface area is 161 Å². The Morgan fingerprint density at radius 3 is 2.78 bits per heavy atom. The van der Waals surface area contributed by atoms with E-state index in [0.29, 0.717) is 5.92 Å². The predicted octanol–water partition coefficient (Wildman–Crippen LogP) is 3.05. The Balaban J connectivity index is 0.00000264. The van der Waals surface area contributed by atoms with Crippen molar-refractivity contribution in [2.24, 2.45) is 10.9 Å². The number of thioether (sulfide) groups is 1. The fraction of sp³-hybridized carbons (Fsp3) is 0.588. The number of benzene rings is 1. The minimum absolute atomic E-state index is 0. The van der Waals surface area contributed by atoms with Crippen LogP contribution in [-0.4, -0.2) is 50.7 Å². The molecule has 1 heterocycles. The van der Waals surface area contributed by atoms with Crippen LogP contribution in [0.2, 0.25) is 0 Å². The van der Waals surface area contributed by atoms with Crippen molar-refractivity contribution >= 4 is 47.4 Å². The molecule has 1 saturated heterocycles. The standard InChI is InChI=1S/C17H28N4S.HI/c1-3-18-17(19-10-12-22-2)20-13-15-9-11-21(14-15)16-7-5-4-6-8-16;/h4-8,15H,3,9-14H2,1-2H3,(H2,18,19,20);1H. The maximum Gasteiger partial charge on any atom is 0.191 e. The number of halogens is 1. The van der Waals surface area contributed by atoms with E-state index in [0.717, 1.165) is 44.4 Å². The van der Waals surface area contributed by atoms with E-state index in [1.807, 2.05) is 11.8 Å². The molecule has 0 aromatic heterocycles. The summed E-state index contributed by atoms with van der Waals surface area (Å²) in [5.41, 5.74) is 1.33. The Morgan fingerprint density at radius 2 is 2.09 bits per heavy atom. The molecule has 1 aliphatic rings. The zero-order valence-corrected chi connectivity index (χ0v) is 17.3. The van der Waals surface area contributed by atoms with Crippen molar-refractivity contribution in [1.82, 2.24) is 10.6 Å². The van der Waals surface area contributed by atoms with Gasteiger partial charge in [0, 0.05) is 44.2 Å². The van der Waals surface area contributed by atoms with Crippen molar-refractivity contribution in [2.75, 3.05) is 49.6 Å². The highest BCUT2D eigenvalue weighted by Crippen LogP contribution is 2.23. The van der Waals surface area contributed by atoms with Gasteiger partial charge < -0.3 is 15.5 Å². The van der Waals surface area contributed by atoms with Crippen LogP contribution in [0.25, 0.3) is 0 Å². The third-order valence-corrected chi connectivity index (χ3v) is 4.47. The quantitative estimate of drug-likeness (QED) is 0.291. The first-order valence-electron chi connectivity index (χ1n) is 8.14. The summed E-state index contributed by atoms with van der Waals surface area (Å²) in [6.07, 6.45) is 3.35. The molecule has 1 aromatic carbocycles. The van der Waals surface area contributed by atoms with Gasteiger partial charge in [-0.1, -0.05) is 18.2 Å². The Hall–Kier alpha value is -0.630. The molecule has 130 valence electrons. The van der Waals surface area contributed by atoms with Crippen molar-refractivity contribution in [1.29, 1.82) is 0 Å². The van der Waals surface area contributed by atoms with E-state index >= 15 is 0 Å². The molecule has 0 aliphatic carbocycles. The molecule has 1 atom stereocenters. The summed E-state index contributed by atoms with van der Waals surface area (Å²) in [4.78, 5) is 7.22. The molecule has 0 amide bonds. The summed E-state index contributed by atoms with van der Waals surface area (Å²) >= 11 is 1.85. The van der Waals surface area contributed by atoms with Crippen LogP contribution in [0.3, 0.4) is 0 Å². The van der Waals surface area contributed by atoms with E-state index in [-0.39, 0.29) is 24.0 Å². The van der Waals surface area contributed by atoms with Gasteiger partial charge in [-0.05, 0) is 37.7 Å². The fourth-order valence-electron chi connectivity index (χ4n) is 2.69. The van der Waals surface area contributed by atoms with Gasteiger partial charge in [-0.25, -0.2) is 0 Å². The Kier molecular flexibility index (Phi) is 10.5. The average molecular weight is 448 g/mol. The van der Waals surface area contributed by atoms with Gasteiger partial charge in [0.2, 0.25) is 0 Å². The summed E-state index contributed by atoms with van der Waals surface area (Å²) in [6.45, 7) is 7.13. The van der Waals surface area contributed by atoms with Crippen molar-refractivity contribution in [3.63, 3.8) is 0 Å². The molecular weight excluding hydrogens is 419 g/mol. The zero-order chi connectivity index (χ0) is 15.6. The lowest BCUT2D eigenvalue weighted by Gasteiger charge is -2.18. The SMILES string of the molecule is CCNC(=NCC1CCN(c2ccccc2)C1)NCCSC.I. The third-order valence-electron chi connectivity index (χ3n) is 3.86. The van der Waals surface area contributed by atoms with E-state index < -0.39 is 0 Å².